The molecule has 3 heterocycles. The Kier molecular flexibility index (Phi) is 6.41. The van der Waals surface area contributed by atoms with Gasteiger partial charge in [-0.3, -0.25) is 4.90 Å². The minimum absolute atomic E-state index is 0.0911. The van der Waals surface area contributed by atoms with Crippen LogP contribution in [0.5, 0.6) is 5.75 Å². The Bertz CT molecular complexity index is 1390. The summed E-state index contributed by atoms with van der Waals surface area (Å²) in [5.41, 5.74) is 3.77. The third kappa shape index (κ3) is 4.48. The molecule has 5 heteroatoms. The van der Waals surface area contributed by atoms with Crippen LogP contribution >= 0.6 is 0 Å². The van der Waals surface area contributed by atoms with E-state index in [9.17, 15) is 4.79 Å². The van der Waals surface area contributed by atoms with Gasteiger partial charge in [-0.15, -0.1) is 0 Å². The quantitative estimate of drug-likeness (QED) is 0.337. The van der Waals surface area contributed by atoms with Crippen molar-refractivity contribution < 1.29 is 19.0 Å². The number of carbonyl (C=O) groups excluding carboxylic acids is 1. The van der Waals surface area contributed by atoms with Crippen LogP contribution in [-0.4, -0.2) is 23.1 Å². The number of nitrogens with zero attached hydrogens (tertiary/aromatic N) is 1. The third-order valence-corrected chi connectivity index (χ3v) is 7.97. The van der Waals surface area contributed by atoms with Crippen molar-refractivity contribution in [3.8, 4) is 16.9 Å². The smallest absolute Gasteiger partial charge is 0.413 e. The number of rotatable bonds is 5. The lowest BCUT2D eigenvalue weighted by atomic mass is 9.77. The number of hydrogen-bond donors (Lipinski definition) is 0. The predicted molar refractivity (Wildman–Crippen MR) is 153 cm³/mol. The molecule has 39 heavy (non-hydrogen) atoms. The van der Waals surface area contributed by atoms with Crippen LogP contribution in [0, 0.1) is 5.92 Å². The molecule has 0 bridgehead atoms. The van der Waals surface area contributed by atoms with Gasteiger partial charge in [-0.05, 0) is 62.4 Å². The molecule has 0 spiro atoms. The monoisotopic (exact) mass is 523 g/mol. The van der Waals surface area contributed by atoms with E-state index in [0.29, 0.717) is 6.54 Å². The number of unbranched alkanes of at least 4 members (excludes halogenated alkanes) is 1. The molecule has 1 amide bonds. The molecule has 6 rings (SSSR count). The van der Waals surface area contributed by atoms with E-state index in [1.165, 1.54) is 0 Å². The van der Waals surface area contributed by atoms with E-state index < -0.39 is 11.3 Å². The number of carbonyl (C=O) groups is 1. The zero-order chi connectivity index (χ0) is 27.2. The lowest BCUT2D eigenvalue weighted by Gasteiger charge is -2.49. The maximum absolute atomic E-state index is 13.7. The van der Waals surface area contributed by atoms with E-state index in [0.717, 1.165) is 65.0 Å². The Morgan fingerprint density at radius 1 is 1.00 bits per heavy atom. The third-order valence-electron chi connectivity index (χ3n) is 7.97. The van der Waals surface area contributed by atoms with E-state index in [1.807, 2.05) is 51.1 Å². The lowest BCUT2D eigenvalue weighted by Crippen LogP contribution is -2.56. The summed E-state index contributed by atoms with van der Waals surface area (Å²) in [6.07, 6.45) is 5.42. The zero-order valence-electron chi connectivity index (χ0n) is 23.3. The molecule has 1 saturated heterocycles. The number of ether oxygens (including phenoxy) is 3. The van der Waals surface area contributed by atoms with Gasteiger partial charge in [0, 0.05) is 24.1 Å². The fraction of sp³-hybridized carbons (Fsp3) is 0.382. The highest BCUT2D eigenvalue weighted by molar-refractivity contribution is 5.72. The van der Waals surface area contributed by atoms with Gasteiger partial charge in [-0.1, -0.05) is 80.1 Å². The van der Waals surface area contributed by atoms with Crippen LogP contribution in [0.4, 0.5) is 4.79 Å². The van der Waals surface area contributed by atoms with Crippen molar-refractivity contribution in [1.29, 1.82) is 0 Å². The fourth-order valence-corrected chi connectivity index (χ4v) is 6.27. The molecule has 3 atom stereocenters. The minimum Gasteiger partial charge on any atom is -0.489 e. The Balaban J connectivity index is 1.47. The largest absolute Gasteiger partial charge is 0.489 e. The number of fused-ring (bicyclic) bond motifs is 2. The molecular weight excluding hydrogens is 486 g/mol. The van der Waals surface area contributed by atoms with E-state index in [4.69, 9.17) is 14.2 Å². The van der Waals surface area contributed by atoms with Crippen LogP contribution in [-0.2, 0) is 15.2 Å². The molecule has 0 saturated carbocycles. The molecule has 3 aromatic rings. The van der Waals surface area contributed by atoms with Crippen LogP contribution in [0.1, 0.15) is 76.2 Å². The van der Waals surface area contributed by atoms with Crippen molar-refractivity contribution in [2.45, 2.75) is 70.8 Å². The molecule has 0 radical (unpaired) electrons. The summed E-state index contributed by atoms with van der Waals surface area (Å²) < 4.78 is 19.7. The molecule has 3 aliphatic heterocycles. The molecule has 1 fully saturated rings. The van der Waals surface area contributed by atoms with Crippen molar-refractivity contribution in [2.24, 2.45) is 5.92 Å². The van der Waals surface area contributed by atoms with Crippen molar-refractivity contribution in [3.63, 3.8) is 0 Å². The summed E-state index contributed by atoms with van der Waals surface area (Å²) in [5, 5.41) is 0. The Labute approximate surface area is 231 Å². The molecule has 0 aromatic heterocycles. The Hall–Kier alpha value is -3.73. The van der Waals surface area contributed by atoms with E-state index in [2.05, 4.69) is 55.5 Å². The van der Waals surface area contributed by atoms with Crippen LogP contribution in [0.25, 0.3) is 17.2 Å². The van der Waals surface area contributed by atoms with Gasteiger partial charge in [0.15, 0.2) is 0 Å². The van der Waals surface area contributed by atoms with E-state index in [-0.39, 0.29) is 18.1 Å². The van der Waals surface area contributed by atoms with Crippen LogP contribution < -0.4 is 4.74 Å². The average Bonchev–Trinajstić information content (AvgIpc) is 3.32. The van der Waals surface area contributed by atoms with Crippen molar-refractivity contribution in [1.82, 2.24) is 4.90 Å². The van der Waals surface area contributed by atoms with Gasteiger partial charge in [-0.25, -0.2) is 4.79 Å². The van der Waals surface area contributed by atoms with Gasteiger partial charge < -0.3 is 14.2 Å². The van der Waals surface area contributed by atoms with Crippen LogP contribution in [0.2, 0.25) is 0 Å². The minimum atomic E-state index is -1.04. The van der Waals surface area contributed by atoms with Gasteiger partial charge in [0.2, 0.25) is 5.72 Å². The topological polar surface area (TPSA) is 48.0 Å². The standard InChI is InChI=1S/C34H37NO4/c1-5-6-14-27-22-25-13-10-15-29-30(25)31(37-27)28-20-21-35(32(36)39-33(2,3)4)34(28,38-29)26-18-16-24(17-19-26)23-11-8-7-9-12-23/h7-13,15-19,22,28,31H,5-6,14,20-21H2,1-4H3/t28-,31+,34+/m1/s1. The number of amides is 1. The van der Waals surface area contributed by atoms with Crippen LogP contribution in [0.15, 0.2) is 78.6 Å². The second kappa shape index (κ2) is 9.78. The SMILES string of the molecule is CCCCC1=Cc2cccc3c2[C@@H](O1)[C@H]1CCN(C(=O)OC(C)(C)C)[C@@]1(c1ccc(-c2ccccc2)cc1)O3. The first kappa shape index (κ1) is 25.5. The molecule has 202 valence electrons. The maximum atomic E-state index is 13.7. The predicted octanol–water partition coefficient (Wildman–Crippen LogP) is 8.46. The van der Waals surface area contributed by atoms with E-state index in [1.54, 1.807) is 4.90 Å². The number of allylic oxidation sites excluding steroid dienone is 1. The van der Waals surface area contributed by atoms with E-state index >= 15 is 0 Å². The first-order valence-electron chi connectivity index (χ1n) is 14.2. The van der Waals surface area contributed by atoms with Gasteiger partial charge in [0.05, 0.1) is 11.7 Å². The summed E-state index contributed by atoms with van der Waals surface area (Å²) >= 11 is 0. The summed E-state index contributed by atoms with van der Waals surface area (Å²) in [6.45, 7) is 8.43. The molecule has 0 unspecified atom stereocenters. The number of benzene rings is 3. The highest BCUT2D eigenvalue weighted by Gasteiger charge is 2.62. The molecule has 3 aromatic carbocycles. The molecule has 5 nitrogen and oxygen atoms in total. The zero-order valence-corrected chi connectivity index (χ0v) is 23.3. The number of hydrogen-bond acceptors (Lipinski definition) is 4. The Morgan fingerprint density at radius 3 is 2.46 bits per heavy atom. The van der Waals surface area contributed by atoms with Gasteiger partial charge in [0.1, 0.15) is 17.5 Å². The molecule has 0 N–H and O–H groups in total. The fourth-order valence-electron chi connectivity index (χ4n) is 6.27. The van der Waals surface area contributed by atoms with Crippen molar-refractivity contribution in [3.05, 3.63) is 95.2 Å². The lowest BCUT2D eigenvalue weighted by molar-refractivity contribution is -0.142. The van der Waals surface area contributed by atoms with Crippen LogP contribution in [0.3, 0.4) is 0 Å². The molecular formula is C34H37NO4. The summed E-state index contributed by atoms with van der Waals surface area (Å²) in [5.74, 6) is 1.69. The first-order chi connectivity index (χ1) is 18.8. The summed E-state index contributed by atoms with van der Waals surface area (Å²) in [7, 11) is 0. The second-order valence-electron chi connectivity index (χ2n) is 11.8. The van der Waals surface area contributed by atoms with Crippen molar-refractivity contribution in [2.75, 3.05) is 6.54 Å². The van der Waals surface area contributed by atoms with Gasteiger partial charge >= 0.3 is 6.09 Å². The highest BCUT2D eigenvalue weighted by Crippen LogP contribution is 2.59. The number of likely N-dealkylation sites (tertiary alicyclic amines) is 1. The maximum Gasteiger partial charge on any atom is 0.413 e. The Morgan fingerprint density at radius 2 is 1.74 bits per heavy atom. The highest BCUT2D eigenvalue weighted by atomic mass is 16.6. The van der Waals surface area contributed by atoms with Crippen molar-refractivity contribution >= 4 is 12.2 Å². The first-order valence-corrected chi connectivity index (χ1v) is 14.2. The van der Waals surface area contributed by atoms with Gasteiger partial charge in [-0.2, -0.15) is 0 Å². The second-order valence-corrected chi connectivity index (χ2v) is 11.8. The summed E-state index contributed by atoms with van der Waals surface area (Å²) in [4.78, 5) is 15.5. The molecule has 3 aliphatic rings. The molecule has 0 aliphatic carbocycles. The van der Waals surface area contributed by atoms with Gasteiger partial charge in [0.25, 0.3) is 0 Å². The average molecular weight is 524 g/mol. The normalized spacial score (nSPS) is 23.2. The summed E-state index contributed by atoms with van der Waals surface area (Å²) in [6, 6.07) is 24.9.